The molecule has 1 aromatic heterocycles. The summed E-state index contributed by atoms with van der Waals surface area (Å²) >= 11 is 0. The van der Waals surface area contributed by atoms with Gasteiger partial charge in [0.15, 0.2) is 0 Å². The summed E-state index contributed by atoms with van der Waals surface area (Å²) in [5.74, 6) is 1.32. The van der Waals surface area contributed by atoms with Crippen molar-refractivity contribution in [3.63, 3.8) is 0 Å². The third kappa shape index (κ3) is 4.49. The minimum atomic E-state index is -0.188. The highest BCUT2D eigenvalue weighted by Gasteiger charge is 2.17. The van der Waals surface area contributed by atoms with Gasteiger partial charge >= 0.3 is 0 Å². The van der Waals surface area contributed by atoms with E-state index in [2.05, 4.69) is 10.6 Å². The molecule has 0 aliphatic rings. The molecule has 2 N–H and O–H groups in total. The van der Waals surface area contributed by atoms with E-state index in [1.54, 1.807) is 19.4 Å². The van der Waals surface area contributed by atoms with Crippen LogP contribution in [-0.4, -0.2) is 19.6 Å². The van der Waals surface area contributed by atoms with Crippen molar-refractivity contribution in [1.29, 1.82) is 0 Å². The topological polar surface area (TPSA) is 63.5 Å². The number of furan rings is 1. The molecule has 0 fully saturated rings. The monoisotopic (exact) mass is 336 g/mol. The van der Waals surface area contributed by atoms with E-state index < -0.39 is 0 Å². The molecule has 3 rings (SSSR count). The van der Waals surface area contributed by atoms with E-state index in [4.69, 9.17) is 9.15 Å². The molecular weight excluding hydrogens is 316 g/mol. The van der Waals surface area contributed by atoms with Crippen LogP contribution in [0.5, 0.6) is 5.75 Å². The first-order chi connectivity index (χ1) is 12.3. The summed E-state index contributed by atoms with van der Waals surface area (Å²) in [4.78, 5) is 12.3. The van der Waals surface area contributed by atoms with Crippen LogP contribution in [0.2, 0.25) is 0 Å². The molecule has 25 heavy (non-hydrogen) atoms. The Morgan fingerprint density at radius 2 is 1.92 bits per heavy atom. The van der Waals surface area contributed by atoms with Crippen molar-refractivity contribution in [2.45, 2.75) is 6.04 Å². The molecule has 0 spiro atoms. The Balaban J connectivity index is 1.66. The Hall–Kier alpha value is -3.05. The van der Waals surface area contributed by atoms with Gasteiger partial charge in [-0.05, 0) is 29.8 Å². The summed E-state index contributed by atoms with van der Waals surface area (Å²) in [6, 6.07) is 20.7. The van der Waals surface area contributed by atoms with Gasteiger partial charge in [0.2, 0.25) is 5.91 Å². The average molecular weight is 336 g/mol. The number of rotatable bonds is 7. The summed E-state index contributed by atoms with van der Waals surface area (Å²) < 4.78 is 10.7. The van der Waals surface area contributed by atoms with Gasteiger partial charge in [0.05, 0.1) is 26.0 Å². The Labute approximate surface area is 146 Å². The van der Waals surface area contributed by atoms with Gasteiger partial charge in [0, 0.05) is 11.8 Å². The molecule has 0 aliphatic heterocycles. The molecule has 5 heteroatoms. The molecule has 0 aliphatic carbocycles. The summed E-state index contributed by atoms with van der Waals surface area (Å²) in [7, 11) is 1.59. The van der Waals surface area contributed by atoms with E-state index in [1.165, 1.54) is 0 Å². The molecule has 5 nitrogen and oxygen atoms in total. The molecule has 1 atom stereocenters. The van der Waals surface area contributed by atoms with E-state index in [-0.39, 0.29) is 18.5 Å². The fourth-order valence-corrected chi connectivity index (χ4v) is 2.58. The molecule has 1 heterocycles. The molecule has 0 unspecified atom stereocenters. The number of hydrogen-bond acceptors (Lipinski definition) is 4. The maximum absolute atomic E-state index is 12.3. The van der Waals surface area contributed by atoms with Gasteiger partial charge in [-0.3, -0.25) is 10.1 Å². The summed E-state index contributed by atoms with van der Waals surface area (Å²) in [5.41, 5.74) is 1.73. The quantitative estimate of drug-likeness (QED) is 0.692. The first-order valence-corrected chi connectivity index (χ1v) is 8.02. The third-order valence-electron chi connectivity index (χ3n) is 3.78. The number of ether oxygens (including phenoxy) is 1. The standard InChI is InChI=1S/C20H20N2O3/c1-24-17-10-5-9-16(13-17)22-19(23)14-21-20(18-11-6-12-25-18)15-7-3-2-4-8-15/h2-13,20-21H,14H2,1H3,(H,22,23)/t20-/m1/s1. The lowest BCUT2D eigenvalue weighted by Crippen LogP contribution is -2.31. The molecule has 2 aromatic carbocycles. The van der Waals surface area contributed by atoms with Crippen molar-refractivity contribution in [3.8, 4) is 5.75 Å². The minimum absolute atomic E-state index is 0.138. The fraction of sp³-hybridized carbons (Fsp3) is 0.150. The van der Waals surface area contributed by atoms with Gasteiger partial charge in [-0.2, -0.15) is 0 Å². The number of benzene rings is 2. The maximum atomic E-state index is 12.3. The van der Waals surface area contributed by atoms with E-state index >= 15 is 0 Å². The normalized spacial score (nSPS) is 11.7. The Kier molecular flexibility index (Phi) is 5.49. The predicted molar refractivity (Wildman–Crippen MR) is 96.6 cm³/mol. The highest BCUT2D eigenvalue weighted by atomic mass is 16.5. The fourth-order valence-electron chi connectivity index (χ4n) is 2.58. The molecule has 0 saturated carbocycles. The lowest BCUT2D eigenvalue weighted by molar-refractivity contribution is -0.115. The van der Waals surface area contributed by atoms with E-state index in [1.807, 2.05) is 60.7 Å². The second kappa shape index (κ2) is 8.17. The smallest absolute Gasteiger partial charge is 0.238 e. The van der Waals surface area contributed by atoms with Crippen LogP contribution < -0.4 is 15.4 Å². The Morgan fingerprint density at radius 1 is 1.08 bits per heavy atom. The van der Waals surface area contributed by atoms with E-state index in [0.717, 1.165) is 11.3 Å². The second-order valence-electron chi connectivity index (χ2n) is 5.52. The Bertz CT molecular complexity index is 801. The first-order valence-electron chi connectivity index (χ1n) is 8.02. The third-order valence-corrected chi connectivity index (χ3v) is 3.78. The lowest BCUT2D eigenvalue weighted by Gasteiger charge is -2.17. The summed E-state index contributed by atoms with van der Waals surface area (Å²) in [6.07, 6.45) is 1.63. The van der Waals surface area contributed by atoms with Gasteiger partial charge in [0.1, 0.15) is 11.5 Å². The number of anilines is 1. The average Bonchev–Trinajstić information content (AvgIpc) is 3.17. The predicted octanol–water partition coefficient (Wildman–Crippen LogP) is 3.61. The van der Waals surface area contributed by atoms with Crippen LogP contribution in [0.15, 0.2) is 77.4 Å². The molecule has 3 aromatic rings. The van der Waals surface area contributed by atoms with Gasteiger partial charge in [-0.25, -0.2) is 0 Å². The van der Waals surface area contributed by atoms with Crippen molar-refractivity contribution in [2.75, 3.05) is 19.0 Å². The van der Waals surface area contributed by atoms with Crippen LogP contribution in [0.4, 0.5) is 5.69 Å². The van der Waals surface area contributed by atoms with Crippen LogP contribution in [0.1, 0.15) is 17.4 Å². The number of carbonyl (C=O) groups is 1. The van der Waals surface area contributed by atoms with Gasteiger partial charge in [-0.1, -0.05) is 36.4 Å². The number of methoxy groups -OCH3 is 1. The van der Waals surface area contributed by atoms with Crippen LogP contribution >= 0.6 is 0 Å². The SMILES string of the molecule is COc1cccc(NC(=O)CN[C@H](c2ccccc2)c2ccco2)c1. The maximum Gasteiger partial charge on any atom is 0.238 e. The van der Waals surface area contributed by atoms with Gasteiger partial charge < -0.3 is 14.5 Å². The molecule has 0 radical (unpaired) electrons. The molecule has 1 amide bonds. The number of amides is 1. The van der Waals surface area contributed by atoms with Crippen molar-refractivity contribution < 1.29 is 13.9 Å². The van der Waals surface area contributed by atoms with Gasteiger partial charge in [0.25, 0.3) is 0 Å². The zero-order valence-corrected chi connectivity index (χ0v) is 13.9. The first kappa shape index (κ1) is 16.8. The number of nitrogens with one attached hydrogen (secondary N) is 2. The lowest BCUT2D eigenvalue weighted by atomic mass is 10.0. The highest BCUT2D eigenvalue weighted by Crippen LogP contribution is 2.22. The number of hydrogen-bond donors (Lipinski definition) is 2. The second-order valence-corrected chi connectivity index (χ2v) is 5.52. The zero-order valence-electron chi connectivity index (χ0n) is 13.9. The van der Waals surface area contributed by atoms with Crippen LogP contribution in [0, 0.1) is 0 Å². The van der Waals surface area contributed by atoms with Crippen LogP contribution in [0.3, 0.4) is 0 Å². The summed E-state index contributed by atoms with van der Waals surface area (Å²) in [5, 5.41) is 6.11. The van der Waals surface area contributed by atoms with E-state index in [0.29, 0.717) is 11.4 Å². The minimum Gasteiger partial charge on any atom is -0.497 e. The van der Waals surface area contributed by atoms with Crippen molar-refractivity contribution >= 4 is 11.6 Å². The van der Waals surface area contributed by atoms with Gasteiger partial charge in [-0.15, -0.1) is 0 Å². The Morgan fingerprint density at radius 3 is 2.64 bits per heavy atom. The number of carbonyl (C=O) groups excluding carboxylic acids is 1. The largest absolute Gasteiger partial charge is 0.497 e. The summed E-state index contributed by atoms with van der Waals surface area (Å²) in [6.45, 7) is 0.150. The molecule has 0 saturated heterocycles. The van der Waals surface area contributed by atoms with Crippen molar-refractivity contribution in [1.82, 2.24) is 5.32 Å². The van der Waals surface area contributed by atoms with Crippen molar-refractivity contribution in [3.05, 3.63) is 84.3 Å². The highest BCUT2D eigenvalue weighted by molar-refractivity contribution is 5.92. The molecule has 0 bridgehead atoms. The van der Waals surface area contributed by atoms with Crippen LogP contribution in [0.25, 0.3) is 0 Å². The zero-order chi connectivity index (χ0) is 17.5. The van der Waals surface area contributed by atoms with E-state index in [9.17, 15) is 4.79 Å². The molecular formula is C20H20N2O3. The van der Waals surface area contributed by atoms with Crippen LogP contribution in [-0.2, 0) is 4.79 Å². The van der Waals surface area contributed by atoms with Crippen molar-refractivity contribution in [2.24, 2.45) is 0 Å². The molecule has 128 valence electrons.